The number of nitriles is 2. The van der Waals surface area contributed by atoms with Gasteiger partial charge < -0.3 is 5.21 Å². The maximum absolute atomic E-state index is 9.11. The summed E-state index contributed by atoms with van der Waals surface area (Å²) in [6.45, 7) is 2.45. The van der Waals surface area contributed by atoms with Crippen molar-refractivity contribution in [3.05, 3.63) is 35.4 Å². The first-order chi connectivity index (χ1) is 11.3. The van der Waals surface area contributed by atoms with Gasteiger partial charge >= 0.3 is 0 Å². The van der Waals surface area contributed by atoms with E-state index in [4.69, 9.17) is 24.9 Å². The van der Waals surface area contributed by atoms with Gasteiger partial charge in [0.25, 0.3) is 12.3 Å². The van der Waals surface area contributed by atoms with Crippen molar-refractivity contribution in [2.45, 2.75) is 19.8 Å². The fourth-order valence-corrected chi connectivity index (χ4v) is 1.66. The molecule has 120 valence electrons. The zero-order valence-electron chi connectivity index (χ0n) is 12.3. The van der Waals surface area contributed by atoms with Gasteiger partial charge in [0, 0.05) is 11.1 Å². The Balaban J connectivity index is 2.68. The molecule has 0 atom stereocenters. The van der Waals surface area contributed by atoms with Gasteiger partial charge in [0.05, 0.1) is 6.61 Å². The van der Waals surface area contributed by atoms with Gasteiger partial charge in [-0.05, 0) is 12.5 Å². The molecule has 0 bridgehead atoms. The smallest absolute Gasteiger partial charge is 0.285 e. The molecule has 23 heavy (non-hydrogen) atoms. The molecule has 0 fully saturated rings. The fourth-order valence-electron chi connectivity index (χ4n) is 1.42. The van der Waals surface area contributed by atoms with Crippen molar-refractivity contribution in [1.29, 1.82) is 10.5 Å². The Hall–Kier alpha value is -2.59. The lowest BCUT2D eigenvalue weighted by molar-refractivity contribution is -0.197. The van der Waals surface area contributed by atoms with Gasteiger partial charge in [-0.2, -0.15) is 10.5 Å². The molecule has 8 nitrogen and oxygen atoms in total. The van der Waals surface area contributed by atoms with Crippen LogP contribution in [0.2, 0.25) is 0 Å². The van der Waals surface area contributed by atoms with E-state index in [0.717, 1.165) is 12.8 Å². The van der Waals surface area contributed by atoms with E-state index in [0.29, 0.717) is 30.1 Å². The second-order valence-electron chi connectivity index (χ2n) is 4.08. The predicted molar refractivity (Wildman–Crippen MR) is 83.1 cm³/mol. The lowest BCUT2D eigenvalue weighted by Gasteiger charge is -2.01. The molecule has 0 spiro atoms. The molecule has 0 aromatic heterocycles. The summed E-state index contributed by atoms with van der Waals surface area (Å²) in [5.41, 5.74) is 0.537. The van der Waals surface area contributed by atoms with Crippen LogP contribution in [0.5, 0.6) is 0 Å². The molecule has 1 aromatic carbocycles. The number of oxime groups is 2. The molecular weight excluding hydrogens is 320 g/mol. The molecule has 1 N–H and O–H groups in total. The molecular formula is C14H14N4O4S. The van der Waals surface area contributed by atoms with E-state index in [1.165, 1.54) is 6.07 Å². The molecule has 0 aliphatic rings. The molecule has 0 saturated heterocycles. The highest BCUT2D eigenvalue weighted by Crippen LogP contribution is 2.11. The maximum Gasteiger partial charge on any atom is 0.285 e. The van der Waals surface area contributed by atoms with E-state index in [1.54, 1.807) is 24.3 Å². The third-order valence-electron chi connectivity index (χ3n) is 2.54. The average Bonchev–Trinajstić information content (AvgIpc) is 2.59. The lowest BCUT2D eigenvalue weighted by Crippen LogP contribution is -2.02. The van der Waals surface area contributed by atoms with Crippen molar-refractivity contribution in [2.24, 2.45) is 10.3 Å². The number of unbranched alkanes of at least 4 members (excludes halogenated alkanes) is 1. The van der Waals surface area contributed by atoms with Crippen LogP contribution in [0, 0.1) is 22.7 Å². The zero-order chi connectivity index (χ0) is 16.9. The van der Waals surface area contributed by atoms with Crippen LogP contribution in [0.4, 0.5) is 0 Å². The normalized spacial score (nSPS) is 11.6. The molecule has 0 saturated carbocycles. The van der Waals surface area contributed by atoms with Crippen LogP contribution in [0.1, 0.15) is 30.9 Å². The average molecular weight is 334 g/mol. The first kappa shape index (κ1) is 18.5. The number of hydrogen-bond acceptors (Lipinski definition) is 9. The van der Waals surface area contributed by atoms with Crippen LogP contribution in [0.3, 0.4) is 0 Å². The summed E-state index contributed by atoms with van der Waals surface area (Å²) in [4.78, 5) is 4.78. The summed E-state index contributed by atoms with van der Waals surface area (Å²) in [6, 6.07) is 9.84. The van der Waals surface area contributed by atoms with Gasteiger partial charge in [-0.15, -0.1) is 4.33 Å². The molecule has 0 heterocycles. The predicted octanol–water partition coefficient (Wildman–Crippen LogP) is 2.94. The van der Waals surface area contributed by atoms with Crippen molar-refractivity contribution >= 4 is 23.7 Å². The summed E-state index contributed by atoms with van der Waals surface area (Å²) in [5, 5.41) is 33.2. The second kappa shape index (κ2) is 11.0. The summed E-state index contributed by atoms with van der Waals surface area (Å²) in [6.07, 6.45) is 1.83. The third kappa shape index (κ3) is 6.36. The Bertz CT molecular complexity index is 649. The summed E-state index contributed by atoms with van der Waals surface area (Å²) in [5.74, 6) is 0. The molecule has 0 unspecified atom stereocenters. The second-order valence-corrected chi connectivity index (χ2v) is 4.50. The molecule has 9 heteroatoms. The van der Waals surface area contributed by atoms with Crippen molar-refractivity contribution in [3.63, 3.8) is 0 Å². The van der Waals surface area contributed by atoms with E-state index in [2.05, 4.69) is 14.6 Å². The van der Waals surface area contributed by atoms with Crippen molar-refractivity contribution in [1.82, 2.24) is 0 Å². The molecule has 0 amide bonds. The minimum Gasteiger partial charge on any atom is -0.410 e. The standard InChI is InChI=1S/C14H14N4O4S/c1-2-3-7-20-22-23-21-18-14(10-16)12-6-4-5-11(8-12)13(9-15)17-19/h4-6,8,19H,2-3,7H2,1H3. The summed E-state index contributed by atoms with van der Waals surface area (Å²) < 4.78 is 9.41. The lowest BCUT2D eigenvalue weighted by atomic mass is 10.0. The fraction of sp³-hybridized carbons (Fsp3) is 0.286. The quantitative estimate of drug-likeness (QED) is 0.184. The SMILES string of the molecule is CCCCOOSON=C(C#N)c1cccc(C(C#N)=NO)c1. The van der Waals surface area contributed by atoms with E-state index < -0.39 is 0 Å². The first-order valence-electron chi connectivity index (χ1n) is 6.59. The van der Waals surface area contributed by atoms with Crippen LogP contribution in [0.25, 0.3) is 0 Å². The summed E-state index contributed by atoms with van der Waals surface area (Å²) in [7, 11) is 0. The molecule has 0 radical (unpaired) electrons. The first-order valence-corrected chi connectivity index (χ1v) is 7.26. The number of benzene rings is 1. The van der Waals surface area contributed by atoms with Gasteiger partial charge in [-0.1, -0.05) is 41.9 Å². The van der Waals surface area contributed by atoms with Crippen molar-refractivity contribution in [2.75, 3.05) is 6.61 Å². The van der Waals surface area contributed by atoms with E-state index >= 15 is 0 Å². The molecule has 1 rings (SSSR count). The van der Waals surface area contributed by atoms with Gasteiger partial charge in [0.1, 0.15) is 12.1 Å². The molecule has 1 aromatic rings. The van der Waals surface area contributed by atoms with Gasteiger partial charge in [-0.25, -0.2) is 4.89 Å². The number of nitrogens with zero attached hydrogens (tertiary/aromatic N) is 4. The monoisotopic (exact) mass is 334 g/mol. The number of rotatable bonds is 9. The van der Waals surface area contributed by atoms with Crippen molar-refractivity contribution in [3.8, 4) is 12.1 Å². The molecule has 0 aliphatic carbocycles. The maximum atomic E-state index is 9.11. The van der Waals surface area contributed by atoms with Crippen molar-refractivity contribution < 1.29 is 18.7 Å². The van der Waals surface area contributed by atoms with Gasteiger partial charge in [0.2, 0.25) is 0 Å². The van der Waals surface area contributed by atoms with Crippen LogP contribution in [-0.4, -0.2) is 23.2 Å². The van der Waals surface area contributed by atoms with E-state index in [9.17, 15) is 0 Å². The highest BCUT2D eigenvalue weighted by molar-refractivity contribution is 7.89. The Kier molecular flexibility index (Phi) is 8.86. The van der Waals surface area contributed by atoms with Crippen LogP contribution >= 0.6 is 12.3 Å². The van der Waals surface area contributed by atoms with Gasteiger partial charge in [-0.3, -0.25) is 4.28 Å². The minimum atomic E-state index is -0.174. The zero-order valence-corrected chi connectivity index (χ0v) is 13.1. The Morgan fingerprint density at radius 2 is 1.96 bits per heavy atom. The Morgan fingerprint density at radius 1 is 1.26 bits per heavy atom. The minimum absolute atomic E-state index is 0.0354. The van der Waals surface area contributed by atoms with E-state index in [1.807, 2.05) is 13.0 Å². The Morgan fingerprint density at radius 3 is 2.57 bits per heavy atom. The Labute approximate surface area is 137 Å². The largest absolute Gasteiger partial charge is 0.410 e. The molecule has 0 aliphatic heterocycles. The van der Waals surface area contributed by atoms with Crippen LogP contribution in [-0.2, 0) is 13.5 Å². The third-order valence-corrected chi connectivity index (χ3v) is 2.82. The highest BCUT2D eigenvalue weighted by Gasteiger charge is 2.09. The van der Waals surface area contributed by atoms with Crippen LogP contribution < -0.4 is 0 Å². The topological polar surface area (TPSA) is 120 Å². The highest BCUT2D eigenvalue weighted by atomic mass is 32.2. The van der Waals surface area contributed by atoms with E-state index in [-0.39, 0.29) is 11.4 Å². The van der Waals surface area contributed by atoms with Gasteiger partial charge in [0.15, 0.2) is 11.4 Å². The number of hydrogen-bond donors (Lipinski definition) is 1. The summed E-state index contributed by atoms with van der Waals surface area (Å²) >= 11 is 0.485. The van der Waals surface area contributed by atoms with Crippen LogP contribution in [0.15, 0.2) is 34.6 Å².